The minimum Gasteiger partial charge on any atom is -0.325 e. The number of carbonyl (C=O) groups excluding carboxylic acids is 1. The van der Waals surface area contributed by atoms with E-state index in [4.69, 9.17) is 0 Å². The van der Waals surface area contributed by atoms with Gasteiger partial charge in [-0.2, -0.15) is 0 Å². The lowest BCUT2D eigenvalue weighted by molar-refractivity contribution is -0.121. The first-order chi connectivity index (χ1) is 10.0. The van der Waals surface area contributed by atoms with Crippen molar-refractivity contribution in [2.75, 3.05) is 38.0 Å². The molecule has 0 aliphatic carbocycles. The molecule has 0 bridgehead atoms. The maximum Gasteiger partial charge on any atom is 0.241 e. The molecule has 5 heteroatoms. The molecule has 1 amide bonds. The van der Waals surface area contributed by atoms with E-state index in [2.05, 4.69) is 22.0 Å². The topological polar surface area (TPSA) is 35.6 Å². The van der Waals surface area contributed by atoms with E-state index in [0.29, 0.717) is 11.3 Å². The predicted molar refractivity (Wildman–Crippen MR) is 82.9 cm³/mol. The van der Waals surface area contributed by atoms with Crippen LogP contribution in [0.15, 0.2) is 18.2 Å². The molecule has 1 aliphatic heterocycles. The number of piperazine rings is 1. The van der Waals surface area contributed by atoms with E-state index in [1.165, 1.54) is 6.07 Å². The molecule has 1 aliphatic rings. The van der Waals surface area contributed by atoms with Crippen LogP contribution in [0.25, 0.3) is 0 Å². The van der Waals surface area contributed by atoms with Gasteiger partial charge in [0.2, 0.25) is 5.91 Å². The zero-order chi connectivity index (χ0) is 15.4. The van der Waals surface area contributed by atoms with Crippen molar-refractivity contribution in [2.24, 2.45) is 0 Å². The summed E-state index contributed by atoms with van der Waals surface area (Å²) in [6.45, 7) is 10.6. The largest absolute Gasteiger partial charge is 0.325 e. The van der Waals surface area contributed by atoms with Crippen LogP contribution in [0.5, 0.6) is 0 Å². The quantitative estimate of drug-likeness (QED) is 0.923. The molecule has 21 heavy (non-hydrogen) atoms. The number of anilines is 1. The van der Waals surface area contributed by atoms with Gasteiger partial charge in [0.25, 0.3) is 0 Å². The molecule has 1 fully saturated rings. The summed E-state index contributed by atoms with van der Waals surface area (Å²) in [4.78, 5) is 16.8. The summed E-state index contributed by atoms with van der Waals surface area (Å²) < 4.78 is 13.5. The summed E-state index contributed by atoms with van der Waals surface area (Å²) in [6.07, 6.45) is 0. The van der Waals surface area contributed by atoms with Crippen molar-refractivity contribution in [2.45, 2.75) is 26.8 Å². The number of rotatable bonds is 4. The van der Waals surface area contributed by atoms with E-state index in [1.807, 2.05) is 6.92 Å². The molecular formula is C16H24FN3O. The number of likely N-dealkylation sites (N-methyl/N-ethyl adjacent to an activating group) is 1. The second kappa shape index (κ2) is 7.00. The van der Waals surface area contributed by atoms with Gasteiger partial charge in [-0.25, -0.2) is 4.39 Å². The molecule has 0 unspecified atom stereocenters. The second-order valence-corrected chi connectivity index (χ2v) is 5.60. The van der Waals surface area contributed by atoms with Gasteiger partial charge in [-0.3, -0.25) is 9.69 Å². The van der Waals surface area contributed by atoms with Gasteiger partial charge >= 0.3 is 0 Å². The number of hydrogen-bond acceptors (Lipinski definition) is 3. The summed E-state index contributed by atoms with van der Waals surface area (Å²) in [6, 6.07) is 4.58. The van der Waals surface area contributed by atoms with Gasteiger partial charge in [-0.05, 0) is 38.1 Å². The zero-order valence-electron chi connectivity index (χ0n) is 13.0. The summed E-state index contributed by atoms with van der Waals surface area (Å²) in [5, 5.41) is 2.80. The number of nitrogens with zero attached hydrogens (tertiary/aromatic N) is 2. The highest BCUT2D eigenvalue weighted by atomic mass is 19.1. The lowest BCUT2D eigenvalue weighted by atomic mass is 10.2. The predicted octanol–water partition coefficient (Wildman–Crippen LogP) is 2.10. The van der Waals surface area contributed by atoms with Crippen molar-refractivity contribution in [3.63, 3.8) is 0 Å². The molecule has 1 saturated heterocycles. The monoisotopic (exact) mass is 293 g/mol. The van der Waals surface area contributed by atoms with Crippen molar-refractivity contribution in [3.8, 4) is 0 Å². The smallest absolute Gasteiger partial charge is 0.241 e. The van der Waals surface area contributed by atoms with E-state index in [-0.39, 0.29) is 17.8 Å². The van der Waals surface area contributed by atoms with Crippen LogP contribution in [0.1, 0.15) is 19.4 Å². The SMILES string of the molecule is CCN1CCN([C@@H](C)C(=O)Nc2ccc(C)c(F)c2)CC1. The Morgan fingerprint density at radius 3 is 2.57 bits per heavy atom. The summed E-state index contributed by atoms with van der Waals surface area (Å²) in [5.74, 6) is -0.375. The van der Waals surface area contributed by atoms with Crippen LogP contribution >= 0.6 is 0 Å². The van der Waals surface area contributed by atoms with E-state index in [0.717, 1.165) is 32.7 Å². The van der Waals surface area contributed by atoms with Gasteiger partial charge in [0, 0.05) is 31.9 Å². The van der Waals surface area contributed by atoms with Crippen molar-refractivity contribution in [1.29, 1.82) is 0 Å². The standard InChI is InChI=1S/C16H24FN3O/c1-4-19-7-9-20(10-8-19)13(3)16(21)18-14-6-5-12(2)15(17)11-14/h5-6,11,13H,4,7-10H2,1-3H3,(H,18,21)/t13-/m0/s1. The molecule has 116 valence electrons. The number of carbonyl (C=O) groups is 1. The molecule has 4 nitrogen and oxygen atoms in total. The molecule has 0 saturated carbocycles. The molecule has 1 aromatic rings. The molecule has 1 N–H and O–H groups in total. The van der Waals surface area contributed by atoms with Crippen LogP contribution in [-0.2, 0) is 4.79 Å². The summed E-state index contributed by atoms with van der Waals surface area (Å²) in [7, 11) is 0. The maximum atomic E-state index is 13.5. The third-order valence-corrected chi connectivity index (χ3v) is 4.22. The molecule has 0 aromatic heterocycles. The van der Waals surface area contributed by atoms with E-state index < -0.39 is 0 Å². The highest BCUT2D eigenvalue weighted by molar-refractivity contribution is 5.94. The van der Waals surface area contributed by atoms with Crippen molar-refractivity contribution in [1.82, 2.24) is 9.80 Å². The van der Waals surface area contributed by atoms with Crippen LogP contribution in [-0.4, -0.2) is 54.5 Å². The van der Waals surface area contributed by atoms with Gasteiger partial charge in [-0.15, -0.1) is 0 Å². The molecule has 1 aromatic carbocycles. The molecule has 0 spiro atoms. The Morgan fingerprint density at radius 1 is 1.33 bits per heavy atom. The Labute approximate surface area is 125 Å². The Balaban J connectivity index is 1.92. The number of aryl methyl sites for hydroxylation is 1. The van der Waals surface area contributed by atoms with Crippen LogP contribution in [0.2, 0.25) is 0 Å². The maximum absolute atomic E-state index is 13.5. The number of halogens is 1. The zero-order valence-corrected chi connectivity index (χ0v) is 13.0. The first-order valence-corrected chi connectivity index (χ1v) is 7.54. The molecule has 1 atom stereocenters. The van der Waals surface area contributed by atoms with E-state index >= 15 is 0 Å². The Bertz CT molecular complexity index is 498. The van der Waals surface area contributed by atoms with Gasteiger partial charge in [0.05, 0.1) is 6.04 Å². The van der Waals surface area contributed by atoms with Gasteiger partial charge in [0.15, 0.2) is 0 Å². The number of nitrogens with one attached hydrogen (secondary N) is 1. The van der Waals surface area contributed by atoms with Crippen LogP contribution in [0.4, 0.5) is 10.1 Å². The van der Waals surface area contributed by atoms with Gasteiger partial charge < -0.3 is 10.2 Å². The lowest BCUT2D eigenvalue weighted by Gasteiger charge is -2.36. The van der Waals surface area contributed by atoms with E-state index in [1.54, 1.807) is 19.1 Å². The summed E-state index contributed by atoms with van der Waals surface area (Å²) in [5.41, 5.74) is 1.10. The molecule has 2 rings (SSSR count). The fourth-order valence-corrected chi connectivity index (χ4v) is 2.55. The van der Waals surface area contributed by atoms with Crippen LogP contribution in [0, 0.1) is 12.7 Å². The van der Waals surface area contributed by atoms with Crippen LogP contribution < -0.4 is 5.32 Å². The van der Waals surface area contributed by atoms with Crippen molar-refractivity contribution < 1.29 is 9.18 Å². The normalized spacial score (nSPS) is 18.5. The van der Waals surface area contributed by atoms with Gasteiger partial charge in [0.1, 0.15) is 5.82 Å². The summed E-state index contributed by atoms with van der Waals surface area (Å²) >= 11 is 0. The first kappa shape index (κ1) is 15.9. The second-order valence-electron chi connectivity index (χ2n) is 5.60. The molecular weight excluding hydrogens is 269 g/mol. The highest BCUT2D eigenvalue weighted by Gasteiger charge is 2.25. The number of amides is 1. The van der Waals surface area contributed by atoms with Crippen LogP contribution in [0.3, 0.4) is 0 Å². The minimum absolute atomic E-state index is 0.0804. The minimum atomic E-state index is -0.294. The number of hydrogen-bond donors (Lipinski definition) is 1. The Hall–Kier alpha value is -1.46. The van der Waals surface area contributed by atoms with Gasteiger partial charge in [-0.1, -0.05) is 13.0 Å². The number of benzene rings is 1. The Kier molecular flexibility index (Phi) is 5.31. The Morgan fingerprint density at radius 2 is 2.00 bits per heavy atom. The fraction of sp³-hybridized carbons (Fsp3) is 0.562. The average Bonchev–Trinajstić information content (AvgIpc) is 2.50. The lowest BCUT2D eigenvalue weighted by Crippen LogP contribution is -2.52. The third-order valence-electron chi connectivity index (χ3n) is 4.22. The third kappa shape index (κ3) is 4.02. The van der Waals surface area contributed by atoms with E-state index in [9.17, 15) is 9.18 Å². The molecule has 0 radical (unpaired) electrons. The highest BCUT2D eigenvalue weighted by Crippen LogP contribution is 2.15. The molecule has 1 heterocycles. The van der Waals surface area contributed by atoms with Crippen molar-refractivity contribution in [3.05, 3.63) is 29.6 Å². The average molecular weight is 293 g/mol. The fourth-order valence-electron chi connectivity index (χ4n) is 2.55. The first-order valence-electron chi connectivity index (χ1n) is 7.54. The van der Waals surface area contributed by atoms with Crippen molar-refractivity contribution >= 4 is 11.6 Å².